The first-order chi connectivity index (χ1) is 25.8. The SMILES string of the molecule is c1ccc2c(c1)oc1cc(-c3ccc(N(c4ccc5c(c4)oc4ccccc45)c4ccc5c6cccc7c8ccccc8n(c5c4)c76)cc3)ccc12. The topological polar surface area (TPSA) is 33.9 Å². The molecule has 4 heteroatoms. The number of aromatic nitrogens is 1. The Labute approximate surface area is 297 Å². The molecule has 0 N–H and O–H groups in total. The molecule has 0 fully saturated rings. The molecule has 0 bridgehead atoms. The number of rotatable bonds is 4. The summed E-state index contributed by atoms with van der Waals surface area (Å²) < 4.78 is 15.1. The number of hydrogen-bond acceptors (Lipinski definition) is 3. The molecule has 4 aromatic heterocycles. The van der Waals surface area contributed by atoms with E-state index in [1.807, 2.05) is 24.3 Å². The van der Waals surface area contributed by atoms with Crippen LogP contribution < -0.4 is 4.90 Å². The van der Waals surface area contributed by atoms with E-state index >= 15 is 0 Å². The summed E-state index contributed by atoms with van der Waals surface area (Å²) in [5, 5.41) is 9.60. The molecule has 0 atom stereocenters. The third kappa shape index (κ3) is 3.81. The summed E-state index contributed by atoms with van der Waals surface area (Å²) in [6.07, 6.45) is 0. The quantitative estimate of drug-likeness (QED) is 0.188. The van der Waals surface area contributed by atoms with Gasteiger partial charge in [-0.2, -0.15) is 0 Å². The molecule has 242 valence electrons. The van der Waals surface area contributed by atoms with Gasteiger partial charge in [-0.25, -0.2) is 0 Å². The van der Waals surface area contributed by atoms with Gasteiger partial charge in [0.25, 0.3) is 0 Å². The molecule has 0 aliphatic rings. The van der Waals surface area contributed by atoms with Gasteiger partial charge in [0.05, 0.1) is 16.6 Å². The van der Waals surface area contributed by atoms with Gasteiger partial charge < -0.3 is 18.1 Å². The average molecular weight is 665 g/mol. The lowest BCUT2D eigenvalue weighted by Crippen LogP contribution is -2.09. The molecule has 52 heavy (non-hydrogen) atoms. The molecule has 0 saturated carbocycles. The van der Waals surface area contributed by atoms with Crippen molar-refractivity contribution in [2.45, 2.75) is 0 Å². The van der Waals surface area contributed by atoms with Crippen LogP contribution in [0.3, 0.4) is 0 Å². The number of benzene rings is 8. The van der Waals surface area contributed by atoms with E-state index in [1.54, 1.807) is 0 Å². The number of nitrogens with zero attached hydrogens (tertiary/aromatic N) is 2. The predicted molar refractivity (Wildman–Crippen MR) is 216 cm³/mol. The van der Waals surface area contributed by atoms with Crippen LogP contribution in [0.25, 0.3) is 93.1 Å². The summed E-state index contributed by atoms with van der Waals surface area (Å²) in [6, 6.07) is 60.7. The number of fused-ring (bicyclic) bond motifs is 12. The van der Waals surface area contributed by atoms with Crippen molar-refractivity contribution in [1.82, 2.24) is 4.40 Å². The maximum Gasteiger partial charge on any atom is 0.137 e. The molecule has 0 spiro atoms. The second-order valence-corrected chi connectivity index (χ2v) is 13.7. The lowest BCUT2D eigenvalue weighted by molar-refractivity contribution is 0.668. The van der Waals surface area contributed by atoms with E-state index in [-0.39, 0.29) is 0 Å². The van der Waals surface area contributed by atoms with Crippen LogP contribution in [0.2, 0.25) is 0 Å². The van der Waals surface area contributed by atoms with Crippen LogP contribution in [0.4, 0.5) is 17.1 Å². The van der Waals surface area contributed by atoms with Crippen LogP contribution in [0.15, 0.2) is 179 Å². The molecule has 0 amide bonds. The summed E-state index contributed by atoms with van der Waals surface area (Å²) in [4.78, 5) is 2.34. The van der Waals surface area contributed by atoms with Crippen molar-refractivity contribution < 1.29 is 8.83 Å². The molecular formula is C48H28N2O2. The minimum atomic E-state index is 0.867. The Morgan fingerprint density at radius 3 is 1.56 bits per heavy atom. The maximum atomic E-state index is 6.40. The maximum absolute atomic E-state index is 6.40. The van der Waals surface area contributed by atoms with E-state index in [0.29, 0.717) is 0 Å². The minimum absolute atomic E-state index is 0.867. The zero-order valence-corrected chi connectivity index (χ0v) is 27.9. The molecule has 4 nitrogen and oxygen atoms in total. The zero-order valence-electron chi connectivity index (χ0n) is 27.9. The fourth-order valence-electron chi connectivity index (χ4n) is 8.57. The highest BCUT2D eigenvalue weighted by Crippen LogP contribution is 2.44. The first kappa shape index (κ1) is 27.7. The van der Waals surface area contributed by atoms with Crippen LogP contribution in [0, 0.1) is 0 Å². The first-order valence-electron chi connectivity index (χ1n) is 17.7. The van der Waals surface area contributed by atoms with E-state index in [9.17, 15) is 0 Å². The highest BCUT2D eigenvalue weighted by molar-refractivity contribution is 6.23. The molecule has 0 saturated heterocycles. The van der Waals surface area contributed by atoms with Crippen molar-refractivity contribution in [3.8, 4) is 11.1 Å². The van der Waals surface area contributed by atoms with Gasteiger partial charge in [-0.3, -0.25) is 0 Å². The largest absolute Gasteiger partial charge is 0.456 e. The summed E-state index contributed by atoms with van der Waals surface area (Å²) >= 11 is 0. The van der Waals surface area contributed by atoms with Crippen LogP contribution in [-0.4, -0.2) is 4.40 Å². The van der Waals surface area contributed by atoms with Crippen molar-refractivity contribution in [3.05, 3.63) is 170 Å². The van der Waals surface area contributed by atoms with Gasteiger partial charge in [0.2, 0.25) is 0 Å². The number of para-hydroxylation sites is 4. The normalized spacial score (nSPS) is 12.2. The standard InChI is InChI=1S/C48H28N2O2/c1-4-13-42-34(8-1)40-11-7-12-41-35-24-21-32(27-43(35)50(42)48(40)41)49(33-22-25-39-37-10-3-6-15-45(37)52-47(39)28-33)31-19-16-29(17-20-31)30-18-23-38-36-9-2-5-14-44(36)51-46(38)26-30/h1-28H. The summed E-state index contributed by atoms with van der Waals surface area (Å²) in [5.74, 6) is 0. The summed E-state index contributed by atoms with van der Waals surface area (Å²) in [7, 11) is 0. The minimum Gasteiger partial charge on any atom is -0.456 e. The summed E-state index contributed by atoms with van der Waals surface area (Å²) in [5.41, 5.74) is 12.7. The van der Waals surface area contributed by atoms with Crippen molar-refractivity contribution >= 4 is 99.0 Å². The second-order valence-electron chi connectivity index (χ2n) is 13.7. The smallest absolute Gasteiger partial charge is 0.137 e. The third-order valence-corrected chi connectivity index (χ3v) is 10.9. The number of anilines is 3. The summed E-state index contributed by atoms with van der Waals surface area (Å²) in [6.45, 7) is 0. The Balaban J connectivity index is 1.05. The van der Waals surface area contributed by atoms with Crippen LogP contribution in [0.1, 0.15) is 0 Å². The lowest BCUT2D eigenvalue weighted by Gasteiger charge is -2.26. The van der Waals surface area contributed by atoms with E-state index < -0.39 is 0 Å². The monoisotopic (exact) mass is 664 g/mol. The van der Waals surface area contributed by atoms with E-state index in [0.717, 1.165) is 72.1 Å². The molecule has 4 heterocycles. The number of hydrogen-bond donors (Lipinski definition) is 0. The Bertz CT molecular complexity index is 3360. The lowest BCUT2D eigenvalue weighted by atomic mass is 10.0. The highest BCUT2D eigenvalue weighted by atomic mass is 16.3. The Morgan fingerprint density at radius 2 is 0.827 bits per heavy atom. The molecule has 12 aromatic rings. The molecule has 12 rings (SSSR count). The predicted octanol–water partition coefficient (Wildman–Crippen LogP) is 13.8. The molecule has 0 aliphatic carbocycles. The van der Waals surface area contributed by atoms with Crippen molar-refractivity contribution in [3.63, 3.8) is 0 Å². The van der Waals surface area contributed by atoms with Gasteiger partial charge >= 0.3 is 0 Å². The third-order valence-electron chi connectivity index (χ3n) is 10.9. The Hall–Kier alpha value is -7.04. The fourth-order valence-corrected chi connectivity index (χ4v) is 8.57. The Morgan fingerprint density at radius 1 is 0.327 bits per heavy atom. The second kappa shape index (κ2) is 10.3. The van der Waals surface area contributed by atoms with E-state index in [2.05, 4.69) is 155 Å². The first-order valence-corrected chi connectivity index (χ1v) is 17.7. The van der Waals surface area contributed by atoms with Crippen LogP contribution >= 0.6 is 0 Å². The molecule has 8 aromatic carbocycles. The van der Waals surface area contributed by atoms with Crippen LogP contribution in [-0.2, 0) is 0 Å². The molecule has 0 unspecified atom stereocenters. The van der Waals surface area contributed by atoms with Gasteiger partial charge in [0.15, 0.2) is 0 Å². The fraction of sp³-hybridized carbons (Fsp3) is 0. The van der Waals surface area contributed by atoms with Gasteiger partial charge in [-0.15, -0.1) is 0 Å². The average Bonchev–Trinajstić information content (AvgIpc) is 3.95. The Kier molecular flexibility index (Phi) is 5.47. The zero-order chi connectivity index (χ0) is 33.9. The van der Waals surface area contributed by atoms with Crippen molar-refractivity contribution in [1.29, 1.82) is 0 Å². The molecule has 0 aliphatic heterocycles. The van der Waals surface area contributed by atoms with Crippen molar-refractivity contribution in [2.75, 3.05) is 4.90 Å². The molecule has 0 radical (unpaired) electrons. The van der Waals surface area contributed by atoms with Gasteiger partial charge in [0, 0.05) is 66.2 Å². The molecular weight excluding hydrogens is 637 g/mol. The van der Waals surface area contributed by atoms with Gasteiger partial charge in [-0.1, -0.05) is 97.1 Å². The number of furan rings is 2. The highest BCUT2D eigenvalue weighted by Gasteiger charge is 2.21. The van der Waals surface area contributed by atoms with E-state index in [1.165, 1.54) is 38.1 Å². The van der Waals surface area contributed by atoms with Gasteiger partial charge in [0.1, 0.15) is 22.3 Å². The van der Waals surface area contributed by atoms with E-state index in [4.69, 9.17) is 8.83 Å². The van der Waals surface area contributed by atoms with Gasteiger partial charge in [-0.05, 0) is 77.9 Å². The van der Waals surface area contributed by atoms with Crippen LogP contribution in [0.5, 0.6) is 0 Å². The van der Waals surface area contributed by atoms with Crippen molar-refractivity contribution in [2.24, 2.45) is 0 Å².